The molecule has 1 aromatic carbocycles. The van der Waals surface area contributed by atoms with E-state index in [-0.39, 0.29) is 30.7 Å². The van der Waals surface area contributed by atoms with Crippen LogP contribution in [0.25, 0.3) is 0 Å². The second-order valence-corrected chi connectivity index (χ2v) is 5.45. The quantitative estimate of drug-likeness (QED) is 0.603. The minimum Gasteiger partial charge on any atom is -0.497 e. The molecule has 0 atom stereocenters. The fraction of sp³-hybridized carbons (Fsp3) is 0.588. The lowest BCUT2D eigenvalue weighted by atomic mass is 10.2. The molecule has 0 aliphatic heterocycles. The third-order valence-corrected chi connectivity index (χ3v) is 3.49. The van der Waals surface area contributed by atoms with E-state index < -0.39 is 0 Å². The van der Waals surface area contributed by atoms with E-state index in [9.17, 15) is 4.79 Å². The molecular weight excluding hydrogens is 349 g/mol. The molecule has 0 heterocycles. The number of halogens is 2. The Morgan fingerprint density at radius 3 is 2.33 bits per heavy atom. The third kappa shape index (κ3) is 9.21. The van der Waals surface area contributed by atoms with Crippen LogP contribution in [0.2, 0.25) is 0 Å². The normalized spacial score (nSPS) is 9.83. The first-order chi connectivity index (χ1) is 10.6. The fourth-order valence-corrected chi connectivity index (χ4v) is 2.41. The zero-order valence-corrected chi connectivity index (χ0v) is 16.5. The van der Waals surface area contributed by atoms with Crippen LogP contribution in [-0.2, 0) is 4.79 Å². The van der Waals surface area contributed by atoms with Crippen molar-refractivity contribution in [2.45, 2.75) is 39.5 Å². The van der Waals surface area contributed by atoms with Gasteiger partial charge in [-0.05, 0) is 51.0 Å². The summed E-state index contributed by atoms with van der Waals surface area (Å²) in [6.07, 6.45) is 3.65. The Balaban J connectivity index is 0. The number of nitrogens with one attached hydrogen (secondary N) is 1. The molecular formula is C17H31Cl2N3O2. The summed E-state index contributed by atoms with van der Waals surface area (Å²) in [5.74, 6) is 0.675. The van der Waals surface area contributed by atoms with Gasteiger partial charge in [0.25, 0.3) is 0 Å². The average molecular weight is 380 g/mol. The molecule has 0 saturated heterocycles. The van der Waals surface area contributed by atoms with Crippen LogP contribution in [0, 0.1) is 0 Å². The molecule has 0 fully saturated rings. The summed E-state index contributed by atoms with van der Waals surface area (Å²) in [5.41, 5.74) is 7.03. The number of carbonyl (C=O) groups is 1. The van der Waals surface area contributed by atoms with Crippen LogP contribution < -0.4 is 15.8 Å². The number of benzene rings is 1. The van der Waals surface area contributed by atoms with Crippen LogP contribution in [-0.4, -0.2) is 37.6 Å². The summed E-state index contributed by atoms with van der Waals surface area (Å²) < 4.78 is 5.14. The molecule has 3 N–H and O–H groups in total. The summed E-state index contributed by atoms with van der Waals surface area (Å²) in [6.45, 7) is 7.52. The van der Waals surface area contributed by atoms with Crippen LogP contribution >= 0.6 is 24.8 Å². The maximum absolute atomic E-state index is 12.0. The number of amides is 1. The highest BCUT2D eigenvalue weighted by atomic mass is 35.5. The van der Waals surface area contributed by atoms with Crippen molar-refractivity contribution < 1.29 is 9.53 Å². The van der Waals surface area contributed by atoms with Crippen LogP contribution in [0.4, 0.5) is 11.4 Å². The van der Waals surface area contributed by atoms with Crippen LogP contribution in [0.5, 0.6) is 5.75 Å². The molecule has 0 aliphatic carbocycles. The van der Waals surface area contributed by atoms with Gasteiger partial charge in [0, 0.05) is 12.5 Å². The predicted octanol–water partition coefficient (Wildman–Crippen LogP) is 3.96. The number of hydrogen-bond donors (Lipinski definition) is 2. The van der Waals surface area contributed by atoms with Crippen molar-refractivity contribution in [1.29, 1.82) is 0 Å². The Morgan fingerprint density at radius 2 is 1.79 bits per heavy atom. The molecule has 1 amide bonds. The van der Waals surface area contributed by atoms with Gasteiger partial charge in [-0.1, -0.05) is 13.8 Å². The summed E-state index contributed by atoms with van der Waals surface area (Å²) in [5, 5.41) is 2.86. The summed E-state index contributed by atoms with van der Waals surface area (Å²) in [6, 6.07) is 5.25. The van der Waals surface area contributed by atoms with Crippen molar-refractivity contribution >= 4 is 42.1 Å². The smallest absolute Gasteiger partial charge is 0.224 e. The number of nitrogens with zero attached hydrogens (tertiary/aromatic N) is 1. The standard InChI is InChI=1S/C17H29N3O2.2ClH/c1-4-10-20(11-5-2)12-6-7-17(21)19-16-13-14(22-3)8-9-15(16)18;;/h8-9,13H,4-7,10-12,18H2,1-3H3,(H,19,21);2*1H. The Kier molecular flexibility index (Phi) is 14.8. The molecule has 24 heavy (non-hydrogen) atoms. The average Bonchev–Trinajstić information content (AvgIpc) is 2.50. The van der Waals surface area contributed by atoms with E-state index in [2.05, 4.69) is 24.1 Å². The molecule has 0 saturated carbocycles. The minimum atomic E-state index is -0.00657. The van der Waals surface area contributed by atoms with E-state index in [1.165, 1.54) is 0 Å². The molecule has 0 unspecified atom stereocenters. The Labute approximate surface area is 158 Å². The topological polar surface area (TPSA) is 67.6 Å². The van der Waals surface area contributed by atoms with Gasteiger partial charge in [0.15, 0.2) is 0 Å². The maximum atomic E-state index is 12.0. The molecule has 140 valence electrons. The number of carbonyl (C=O) groups excluding carboxylic acids is 1. The Bertz CT molecular complexity index is 467. The molecule has 0 bridgehead atoms. The van der Waals surface area contributed by atoms with Gasteiger partial charge in [-0.15, -0.1) is 24.8 Å². The first-order valence-corrected chi connectivity index (χ1v) is 8.06. The number of nitrogen functional groups attached to an aromatic ring is 1. The highest BCUT2D eigenvalue weighted by Gasteiger charge is 2.08. The van der Waals surface area contributed by atoms with E-state index in [1.807, 2.05) is 0 Å². The van der Waals surface area contributed by atoms with Gasteiger partial charge in [0.1, 0.15) is 5.75 Å². The Hall–Kier alpha value is -1.17. The van der Waals surface area contributed by atoms with Crippen LogP contribution in [0.1, 0.15) is 39.5 Å². The second-order valence-electron chi connectivity index (χ2n) is 5.45. The highest BCUT2D eigenvalue weighted by Crippen LogP contribution is 2.24. The predicted molar refractivity (Wildman–Crippen MR) is 107 cm³/mol. The van der Waals surface area contributed by atoms with E-state index in [4.69, 9.17) is 10.5 Å². The molecule has 1 aromatic rings. The first-order valence-electron chi connectivity index (χ1n) is 8.06. The SMILES string of the molecule is CCCN(CCC)CCCC(=O)Nc1cc(OC)ccc1N.Cl.Cl. The number of methoxy groups -OCH3 is 1. The number of nitrogens with two attached hydrogens (primary N) is 1. The molecule has 0 spiro atoms. The summed E-state index contributed by atoms with van der Waals surface area (Å²) >= 11 is 0. The molecule has 0 aliphatic rings. The van der Waals surface area contributed by atoms with Gasteiger partial charge in [-0.2, -0.15) is 0 Å². The first kappa shape index (κ1) is 25.1. The van der Waals surface area contributed by atoms with E-state index in [1.54, 1.807) is 25.3 Å². The zero-order chi connectivity index (χ0) is 16.4. The van der Waals surface area contributed by atoms with Gasteiger partial charge in [-0.25, -0.2) is 0 Å². The zero-order valence-electron chi connectivity index (χ0n) is 14.8. The van der Waals surface area contributed by atoms with Gasteiger partial charge < -0.3 is 20.7 Å². The van der Waals surface area contributed by atoms with Crippen molar-refractivity contribution in [2.24, 2.45) is 0 Å². The lowest BCUT2D eigenvalue weighted by Crippen LogP contribution is -2.27. The van der Waals surface area contributed by atoms with Crippen molar-refractivity contribution in [2.75, 3.05) is 37.8 Å². The van der Waals surface area contributed by atoms with Gasteiger partial charge >= 0.3 is 0 Å². The molecule has 0 aromatic heterocycles. The highest BCUT2D eigenvalue weighted by molar-refractivity contribution is 5.94. The second kappa shape index (κ2) is 14.2. The molecule has 1 rings (SSSR count). The third-order valence-electron chi connectivity index (χ3n) is 3.49. The number of rotatable bonds is 10. The van der Waals surface area contributed by atoms with Crippen LogP contribution in [0.3, 0.4) is 0 Å². The Morgan fingerprint density at radius 1 is 1.17 bits per heavy atom. The molecule has 0 radical (unpaired) electrons. The van der Waals surface area contributed by atoms with Gasteiger partial charge in [0.05, 0.1) is 18.5 Å². The monoisotopic (exact) mass is 379 g/mol. The van der Waals surface area contributed by atoms with Crippen molar-refractivity contribution in [1.82, 2.24) is 4.90 Å². The lowest BCUT2D eigenvalue weighted by molar-refractivity contribution is -0.116. The van der Waals surface area contributed by atoms with E-state index >= 15 is 0 Å². The number of hydrogen-bond acceptors (Lipinski definition) is 4. The number of ether oxygens (including phenoxy) is 1. The van der Waals surface area contributed by atoms with Gasteiger partial charge in [0.2, 0.25) is 5.91 Å². The van der Waals surface area contributed by atoms with Crippen molar-refractivity contribution in [3.63, 3.8) is 0 Å². The van der Waals surface area contributed by atoms with E-state index in [0.717, 1.165) is 38.9 Å². The van der Waals surface area contributed by atoms with E-state index in [0.29, 0.717) is 23.5 Å². The largest absolute Gasteiger partial charge is 0.497 e. The van der Waals surface area contributed by atoms with Gasteiger partial charge in [-0.3, -0.25) is 4.79 Å². The maximum Gasteiger partial charge on any atom is 0.224 e. The summed E-state index contributed by atoms with van der Waals surface area (Å²) in [7, 11) is 1.59. The molecule has 7 heteroatoms. The van der Waals surface area contributed by atoms with Crippen molar-refractivity contribution in [3.05, 3.63) is 18.2 Å². The number of anilines is 2. The fourth-order valence-electron chi connectivity index (χ4n) is 2.41. The minimum absolute atomic E-state index is 0. The van der Waals surface area contributed by atoms with Crippen molar-refractivity contribution in [3.8, 4) is 5.75 Å². The molecule has 5 nitrogen and oxygen atoms in total. The van der Waals surface area contributed by atoms with Crippen LogP contribution in [0.15, 0.2) is 18.2 Å². The summed E-state index contributed by atoms with van der Waals surface area (Å²) in [4.78, 5) is 14.4. The lowest BCUT2D eigenvalue weighted by Gasteiger charge is -2.20.